The molecule has 1 aromatic heterocycles. The molecule has 2 heterocycles. The quantitative estimate of drug-likeness (QED) is 0.341. The van der Waals surface area contributed by atoms with Crippen molar-refractivity contribution in [2.24, 2.45) is 4.99 Å². The highest BCUT2D eigenvalue weighted by molar-refractivity contribution is 5.83. The van der Waals surface area contributed by atoms with Crippen LogP contribution in [0.2, 0.25) is 0 Å². The number of ether oxygens (including phenoxy) is 2. The van der Waals surface area contributed by atoms with Crippen LogP contribution in [0.3, 0.4) is 0 Å². The molecule has 3 rings (SSSR count). The van der Waals surface area contributed by atoms with Crippen molar-refractivity contribution in [3.63, 3.8) is 0 Å². The van der Waals surface area contributed by atoms with Crippen molar-refractivity contribution >= 4 is 16.9 Å². The summed E-state index contributed by atoms with van der Waals surface area (Å²) in [5.74, 6) is 0.872. The second-order valence-electron chi connectivity index (χ2n) is 6.86. The zero-order chi connectivity index (χ0) is 18.7. The van der Waals surface area contributed by atoms with Crippen LogP contribution >= 0.6 is 0 Å². The molecule has 0 amide bonds. The van der Waals surface area contributed by atoms with Crippen molar-refractivity contribution in [1.29, 1.82) is 0 Å². The molecule has 2 aromatic rings. The molecule has 1 fully saturated rings. The highest BCUT2D eigenvalue weighted by atomic mass is 16.5. The summed E-state index contributed by atoms with van der Waals surface area (Å²) in [5, 5.41) is 8.03. The van der Waals surface area contributed by atoms with Gasteiger partial charge in [0.05, 0.1) is 12.7 Å². The van der Waals surface area contributed by atoms with E-state index in [4.69, 9.17) is 9.47 Å². The fourth-order valence-corrected chi connectivity index (χ4v) is 3.34. The number of aromatic nitrogens is 1. The van der Waals surface area contributed by atoms with Gasteiger partial charge in [-0.15, -0.1) is 0 Å². The molecule has 3 N–H and O–H groups in total. The number of rotatable bonds is 10. The number of aromatic amines is 1. The van der Waals surface area contributed by atoms with Crippen LogP contribution in [0.15, 0.2) is 35.5 Å². The molecule has 1 saturated heterocycles. The minimum Gasteiger partial charge on any atom is -0.379 e. The Balaban J connectivity index is 1.35. The average molecular weight is 373 g/mol. The summed E-state index contributed by atoms with van der Waals surface area (Å²) >= 11 is 0. The third-order valence-electron chi connectivity index (χ3n) is 4.75. The SMILES string of the molecule is CCNC(=NCCCOCC1CCCO1)NCCc1c[nH]c2ccccc12. The van der Waals surface area contributed by atoms with Gasteiger partial charge in [0.25, 0.3) is 0 Å². The molecule has 0 spiro atoms. The summed E-state index contributed by atoms with van der Waals surface area (Å²) in [7, 11) is 0. The fraction of sp³-hybridized carbons (Fsp3) is 0.571. The van der Waals surface area contributed by atoms with Gasteiger partial charge in [-0.2, -0.15) is 0 Å². The molecule has 0 radical (unpaired) electrons. The zero-order valence-corrected chi connectivity index (χ0v) is 16.3. The number of hydrogen-bond donors (Lipinski definition) is 3. The topological polar surface area (TPSA) is 70.7 Å². The summed E-state index contributed by atoms with van der Waals surface area (Å²) in [6.45, 7) is 6.88. The van der Waals surface area contributed by atoms with Crippen LogP contribution in [-0.4, -0.2) is 56.5 Å². The lowest BCUT2D eigenvalue weighted by atomic mass is 10.1. The lowest BCUT2D eigenvalue weighted by Gasteiger charge is -2.12. The summed E-state index contributed by atoms with van der Waals surface area (Å²) < 4.78 is 11.2. The van der Waals surface area contributed by atoms with Crippen molar-refractivity contribution in [2.75, 3.05) is 39.5 Å². The first kappa shape index (κ1) is 19.7. The molecule has 27 heavy (non-hydrogen) atoms. The Hall–Kier alpha value is -2.05. The molecular weight excluding hydrogens is 340 g/mol. The first-order valence-corrected chi connectivity index (χ1v) is 10.1. The van der Waals surface area contributed by atoms with Gasteiger partial charge >= 0.3 is 0 Å². The van der Waals surface area contributed by atoms with Gasteiger partial charge in [-0.1, -0.05) is 18.2 Å². The van der Waals surface area contributed by atoms with E-state index < -0.39 is 0 Å². The molecule has 1 aliphatic rings. The Kier molecular flexibility index (Phi) is 7.99. The van der Waals surface area contributed by atoms with E-state index in [0.29, 0.717) is 12.7 Å². The Labute approximate surface area is 161 Å². The van der Waals surface area contributed by atoms with E-state index in [1.165, 1.54) is 16.5 Å². The third-order valence-corrected chi connectivity index (χ3v) is 4.75. The van der Waals surface area contributed by atoms with E-state index in [2.05, 4.69) is 58.0 Å². The maximum atomic E-state index is 5.69. The van der Waals surface area contributed by atoms with Crippen LogP contribution in [0, 0.1) is 0 Å². The largest absolute Gasteiger partial charge is 0.379 e. The Bertz CT molecular complexity index is 707. The summed E-state index contributed by atoms with van der Waals surface area (Å²) in [5.41, 5.74) is 2.52. The van der Waals surface area contributed by atoms with E-state index in [0.717, 1.165) is 64.5 Å². The van der Waals surface area contributed by atoms with Gasteiger partial charge in [-0.05, 0) is 44.2 Å². The maximum Gasteiger partial charge on any atom is 0.191 e. The highest BCUT2D eigenvalue weighted by Crippen LogP contribution is 2.17. The highest BCUT2D eigenvalue weighted by Gasteiger charge is 2.14. The van der Waals surface area contributed by atoms with Crippen LogP contribution in [0.4, 0.5) is 0 Å². The molecule has 0 saturated carbocycles. The number of hydrogen-bond acceptors (Lipinski definition) is 3. The predicted octanol–water partition coefficient (Wildman–Crippen LogP) is 2.85. The normalized spacial score (nSPS) is 17.5. The summed E-state index contributed by atoms with van der Waals surface area (Å²) in [6.07, 6.45) is 6.57. The first-order valence-electron chi connectivity index (χ1n) is 10.1. The van der Waals surface area contributed by atoms with Crippen molar-refractivity contribution in [3.05, 3.63) is 36.0 Å². The van der Waals surface area contributed by atoms with Gasteiger partial charge in [0, 0.05) is 49.9 Å². The van der Waals surface area contributed by atoms with Gasteiger partial charge in [0.1, 0.15) is 0 Å². The second-order valence-corrected chi connectivity index (χ2v) is 6.86. The minimum atomic E-state index is 0.303. The summed E-state index contributed by atoms with van der Waals surface area (Å²) in [4.78, 5) is 7.97. The second kappa shape index (κ2) is 10.9. The maximum absolute atomic E-state index is 5.69. The van der Waals surface area contributed by atoms with Crippen LogP contribution < -0.4 is 10.6 Å². The number of nitrogens with zero attached hydrogens (tertiary/aromatic N) is 1. The predicted molar refractivity (Wildman–Crippen MR) is 110 cm³/mol. The lowest BCUT2D eigenvalue weighted by molar-refractivity contribution is 0.0171. The van der Waals surface area contributed by atoms with Gasteiger partial charge in [0.2, 0.25) is 0 Å². The van der Waals surface area contributed by atoms with Crippen molar-refractivity contribution in [2.45, 2.75) is 38.7 Å². The number of nitrogens with one attached hydrogen (secondary N) is 3. The van der Waals surface area contributed by atoms with E-state index in [1.807, 2.05) is 0 Å². The van der Waals surface area contributed by atoms with Crippen molar-refractivity contribution in [3.8, 4) is 0 Å². The molecule has 1 aromatic carbocycles. The van der Waals surface area contributed by atoms with Crippen molar-refractivity contribution in [1.82, 2.24) is 15.6 Å². The first-order chi connectivity index (χ1) is 13.4. The van der Waals surface area contributed by atoms with E-state index in [1.54, 1.807) is 0 Å². The molecule has 0 aliphatic carbocycles. The monoisotopic (exact) mass is 372 g/mol. The van der Waals surface area contributed by atoms with Crippen LogP contribution in [0.5, 0.6) is 0 Å². The standard InChI is InChI=1S/C21H32N4O2/c1-2-22-21(23-11-6-13-26-16-18-7-5-14-27-18)24-12-10-17-15-25-20-9-4-3-8-19(17)20/h3-4,8-9,15,18,25H,2,5-7,10-14,16H2,1H3,(H2,22,23,24). The number of benzene rings is 1. The Morgan fingerprint density at radius 2 is 2.26 bits per heavy atom. The lowest BCUT2D eigenvalue weighted by Crippen LogP contribution is -2.38. The van der Waals surface area contributed by atoms with E-state index >= 15 is 0 Å². The number of fused-ring (bicyclic) bond motifs is 1. The Morgan fingerprint density at radius 1 is 1.33 bits per heavy atom. The number of H-pyrrole nitrogens is 1. The van der Waals surface area contributed by atoms with E-state index in [9.17, 15) is 0 Å². The average Bonchev–Trinajstić information content (AvgIpc) is 3.34. The fourth-order valence-electron chi connectivity index (χ4n) is 3.34. The molecule has 1 aliphatic heterocycles. The summed E-state index contributed by atoms with van der Waals surface area (Å²) in [6, 6.07) is 8.41. The number of aliphatic imine (C=N–C) groups is 1. The van der Waals surface area contributed by atoms with Gasteiger partial charge < -0.3 is 25.1 Å². The number of guanidine groups is 1. The zero-order valence-electron chi connectivity index (χ0n) is 16.3. The van der Waals surface area contributed by atoms with Crippen LogP contribution in [-0.2, 0) is 15.9 Å². The van der Waals surface area contributed by atoms with Crippen molar-refractivity contribution < 1.29 is 9.47 Å². The van der Waals surface area contributed by atoms with Gasteiger partial charge in [-0.25, -0.2) is 0 Å². The molecule has 6 heteroatoms. The smallest absolute Gasteiger partial charge is 0.191 e. The number of para-hydroxylation sites is 1. The molecule has 6 nitrogen and oxygen atoms in total. The molecule has 0 bridgehead atoms. The third kappa shape index (κ3) is 6.26. The molecule has 1 unspecified atom stereocenters. The molecule has 148 valence electrons. The minimum absolute atomic E-state index is 0.303. The molecule has 1 atom stereocenters. The van der Waals surface area contributed by atoms with Gasteiger partial charge in [-0.3, -0.25) is 4.99 Å². The Morgan fingerprint density at radius 3 is 3.11 bits per heavy atom. The van der Waals surface area contributed by atoms with Gasteiger partial charge in [0.15, 0.2) is 5.96 Å². The van der Waals surface area contributed by atoms with Crippen LogP contribution in [0.1, 0.15) is 31.7 Å². The molecular formula is C21H32N4O2. The van der Waals surface area contributed by atoms with E-state index in [-0.39, 0.29) is 0 Å². The van der Waals surface area contributed by atoms with Crippen LogP contribution in [0.25, 0.3) is 10.9 Å².